The van der Waals surface area contributed by atoms with Gasteiger partial charge in [-0.05, 0) is 30.0 Å². The Balaban J connectivity index is 1.68. The lowest BCUT2D eigenvalue weighted by Crippen LogP contribution is -2.38. The molecule has 1 fully saturated rings. The van der Waals surface area contributed by atoms with Gasteiger partial charge in [0.15, 0.2) is 0 Å². The predicted octanol–water partition coefficient (Wildman–Crippen LogP) is 1.66. The molecule has 1 aliphatic heterocycles. The number of hydrogen-bond donors (Lipinski definition) is 0. The quantitative estimate of drug-likeness (QED) is 0.689. The topological polar surface area (TPSA) is 52.4 Å². The molecule has 0 aromatic carbocycles. The van der Waals surface area contributed by atoms with Crippen molar-refractivity contribution in [2.75, 3.05) is 26.9 Å². The van der Waals surface area contributed by atoms with Crippen molar-refractivity contribution < 1.29 is 9.47 Å². The second-order valence-electron chi connectivity index (χ2n) is 6.32. The molecule has 0 saturated carbocycles. The van der Waals surface area contributed by atoms with Crippen LogP contribution in [0.2, 0.25) is 0 Å². The van der Waals surface area contributed by atoms with Gasteiger partial charge in [-0.3, -0.25) is 14.6 Å². The fourth-order valence-corrected chi connectivity index (χ4v) is 3.37. The Morgan fingerprint density at radius 2 is 2.17 bits per heavy atom. The fourth-order valence-electron chi connectivity index (χ4n) is 3.37. The first kappa shape index (κ1) is 17.1. The van der Waals surface area contributed by atoms with Gasteiger partial charge in [0.1, 0.15) is 0 Å². The van der Waals surface area contributed by atoms with E-state index >= 15 is 0 Å². The molecule has 0 bridgehead atoms. The zero-order valence-corrected chi connectivity index (χ0v) is 14.5. The van der Waals surface area contributed by atoms with Gasteiger partial charge in [0, 0.05) is 51.9 Å². The molecule has 0 N–H and O–H groups in total. The van der Waals surface area contributed by atoms with Crippen molar-refractivity contribution in [2.45, 2.75) is 31.5 Å². The molecule has 1 saturated heterocycles. The summed E-state index contributed by atoms with van der Waals surface area (Å²) < 4.78 is 13.1. The lowest BCUT2D eigenvalue weighted by Gasteiger charge is -2.28. The van der Waals surface area contributed by atoms with E-state index in [2.05, 4.69) is 27.2 Å². The summed E-state index contributed by atoms with van der Waals surface area (Å²) in [6.45, 7) is 3.23. The Hall–Kier alpha value is -1.76. The van der Waals surface area contributed by atoms with E-state index in [1.54, 1.807) is 7.11 Å². The molecular weight excluding hydrogens is 304 g/mol. The lowest BCUT2D eigenvalue weighted by molar-refractivity contribution is -0.00131. The molecule has 0 aliphatic carbocycles. The Morgan fingerprint density at radius 3 is 2.88 bits per heavy atom. The molecule has 2 atom stereocenters. The van der Waals surface area contributed by atoms with Gasteiger partial charge in [-0.15, -0.1) is 0 Å². The zero-order valence-electron chi connectivity index (χ0n) is 14.5. The molecule has 2 aromatic heterocycles. The van der Waals surface area contributed by atoms with E-state index in [-0.39, 0.29) is 6.10 Å². The molecular formula is C18H26N4O2. The number of pyridine rings is 1. The van der Waals surface area contributed by atoms with Crippen LogP contribution in [0, 0.1) is 0 Å². The van der Waals surface area contributed by atoms with Gasteiger partial charge < -0.3 is 9.47 Å². The Morgan fingerprint density at radius 1 is 1.25 bits per heavy atom. The van der Waals surface area contributed by atoms with E-state index in [0.29, 0.717) is 19.3 Å². The van der Waals surface area contributed by atoms with Crippen LogP contribution >= 0.6 is 0 Å². The highest BCUT2D eigenvalue weighted by Gasteiger charge is 2.35. The fraction of sp³-hybridized carbons (Fsp3) is 0.556. The molecule has 0 unspecified atom stereocenters. The van der Waals surface area contributed by atoms with Crippen LogP contribution in [0.3, 0.4) is 0 Å². The van der Waals surface area contributed by atoms with Crippen LogP contribution in [-0.2, 0) is 29.5 Å². The highest BCUT2D eigenvalue weighted by Crippen LogP contribution is 2.26. The van der Waals surface area contributed by atoms with Gasteiger partial charge in [0.2, 0.25) is 0 Å². The van der Waals surface area contributed by atoms with Gasteiger partial charge in [0.05, 0.1) is 25.5 Å². The number of aryl methyl sites for hydroxylation is 1. The van der Waals surface area contributed by atoms with Crippen LogP contribution in [0.25, 0.3) is 0 Å². The normalized spacial score (nSPS) is 21.4. The summed E-state index contributed by atoms with van der Waals surface area (Å²) in [7, 11) is 3.66. The number of methoxy groups -OCH3 is 1. The Bertz CT molecular complexity index is 616. The number of likely N-dealkylation sites (tertiary alicyclic amines) is 1. The van der Waals surface area contributed by atoms with E-state index in [1.807, 2.05) is 36.4 Å². The summed E-state index contributed by atoms with van der Waals surface area (Å²) >= 11 is 0. The minimum absolute atomic E-state index is 0.233. The van der Waals surface area contributed by atoms with E-state index in [1.165, 1.54) is 11.1 Å². The van der Waals surface area contributed by atoms with Gasteiger partial charge in [-0.2, -0.15) is 5.10 Å². The largest absolute Gasteiger partial charge is 0.382 e. The third-order valence-electron chi connectivity index (χ3n) is 4.53. The van der Waals surface area contributed by atoms with Crippen molar-refractivity contribution in [1.29, 1.82) is 0 Å². The van der Waals surface area contributed by atoms with Crippen LogP contribution < -0.4 is 0 Å². The SMILES string of the molecule is COCCO[C@H]1CCN(Cc2cccnc2)[C@H]1Cc1cnn(C)c1. The summed E-state index contributed by atoms with van der Waals surface area (Å²) in [5, 5.41) is 4.30. The highest BCUT2D eigenvalue weighted by molar-refractivity contribution is 5.12. The number of rotatable bonds is 8. The minimum atomic E-state index is 0.233. The summed E-state index contributed by atoms with van der Waals surface area (Å²) in [6, 6.07) is 4.48. The first-order valence-electron chi connectivity index (χ1n) is 8.47. The Kier molecular flexibility index (Phi) is 5.96. The smallest absolute Gasteiger partial charge is 0.0746 e. The maximum absolute atomic E-state index is 6.09. The summed E-state index contributed by atoms with van der Waals surface area (Å²) in [5.41, 5.74) is 2.49. The van der Waals surface area contributed by atoms with Gasteiger partial charge in [0.25, 0.3) is 0 Å². The van der Waals surface area contributed by atoms with Crippen LogP contribution in [0.1, 0.15) is 17.5 Å². The molecule has 0 radical (unpaired) electrons. The number of aromatic nitrogens is 3. The second kappa shape index (κ2) is 8.37. The Labute approximate surface area is 143 Å². The molecule has 1 aliphatic rings. The van der Waals surface area contributed by atoms with E-state index in [4.69, 9.17) is 9.47 Å². The molecule has 2 aromatic rings. The minimum Gasteiger partial charge on any atom is -0.382 e. The van der Waals surface area contributed by atoms with Crippen LogP contribution in [0.15, 0.2) is 36.9 Å². The van der Waals surface area contributed by atoms with E-state index in [0.717, 1.165) is 25.9 Å². The van der Waals surface area contributed by atoms with Gasteiger partial charge in [-0.1, -0.05) is 6.07 Å². The molecule has 0 amide bonds. The molecule has 130 valence electrons. The first-order chi connectivity index (χ1) is 11.8. The third kappa shape index (κ3) is 4.41. The average molecular weight is 330 g/mol. The van der Waals surface area contributed by atoms with Crippen molar-refractivity contribution in [3.8, 4) is 0 Å². The van der Waals surface area contributed by atoms with Crippen molar-refractivity contribution in [3.05, 3.63) is 48.0 Å². The van der Waals surface area contributed by atoms with Crippen molar-refractivity contribution >= 4 is 0 Å². The monoisotopic (exact) mass is 330 g/mol. The van der Waals surface area contributed by atoms with Crippen LogP contribution in [0.5, 0.6) is 0 Å². The van der Waals surface area contributed by atoms with Gasteiger partial charge >= 0.3 is 0 Å². The number of hydrogen-bond acceptors (Lipinski definition) is 5. The standard InChI is InChI=1S/C18H26N4O2/c1-21-13-16(12-20-21)10-17-18(24-9-8-23-2)5-7-22(17)14-15-4-3-6-19-11-15/h3-4,6,11-13,17-18H,5,7-10,14H2,1-2H3/t17-,18-/m0/s1. The molecule has 6 nitrogen and oxygen atoms in total. The number of nitrogens with zero attached hydrogens (tertiary/aromatic N) is 4. The van der Waals surface area contributed by atoms with Crippen LogP contribution in [-0.4, -0.2) is 58.7 Å². The number of ether oxygens (including phenoxy) is 2. The molecule has 3 heterocycles. The van der Waals surface area contributed by atoms with Crippen LogP contribution in [0.4, 0.5) is 0 Å². The van der Waals surface area contributed by atoms with Gasteiger partial charge in [-0.25, -0.2) is 0 Å². The zero-order chi connectivity index (χ0) is 16.8. The van der Waals surface area contributed by atoms with Crippen molar-refractivity contribution in [3.63, 3.8) is 0 Å². The average Bonchev–Trinajstić information content (AvgIpc) is 3.17. The maximum atomic E-state index is 6.09. The molecule has 6 heteroatoms. The second-order valence-corrected chi connectivity index (χ2v) is 6.32. The van der Waals surface area contributed by atoms with E-state index < -0.39 is 0 Å². The lowest BCUT2D eigenvalue weighted by atomic mass is 10.0. The van der Waals surface area contributed by atoms with Crippen molar-refractivity contribution in [2.24, 2.45) is 7.05 Å². The summed E-state index contributed by atoms with van der Waals surface area (Å²) in [5.74, 6) is 0. The molecule has 3 rings (SSSR count). The summed E-state index contributed by atoms with van der Waals surface area (Å²) in [6.07, 6.45) is 10.0. The van der Waals surface area contributed by atoms with E-state index in [9.17, 15) is 0 Å². The predicted molar refractivity (Wildman–Crippen MR) is 91.6 cm³/mol. The first-order valence-corrected chi connectivity index (χ1v) is 8.47. The highest BCUT2D eigenvalue weighted by atomic mass is 16.5. The molecule has 0 spiro atoms. The van der Waals surface area contributed by atoms with Crippen molar-refractivity contribution in [1.82, 2.24) is 19.7 Å². The summed E-state index contributed by atoms with van der Waals surface area (Å²) in [4.78, 5) is 6.73. The third-order valence-corrected chi connectivity index (χ3v) is 4.53. The maximum Gasteiger partial charge on any atom is 0.0746 e. The molecule has 24 heavy (non-hydrogen) atoms.